The fraction of sp³-hybridized carbons (Fsp3) is 0.312. The van der Waals surface area contributed by atoms with Crippen LogP contribution in [0.1, 0.15) is 29.3 Å². The average Bonchev–Trinajstić information content (AvgIpc) is 3.13. The Morgan fingerprint density at radius 3 is 2.70 bits per heavy atom. The molecule has 7 heteroatoms. The smallest absolute Gasteiger partial charge is 0.320 e. The van der Waals surface area contributed by atoms with Crippen molar-refractivity contribution in [2.24, 2.45) is 0 Å². The number of hydrogen-bond donors (Lipinski definition) is 1. The molecule has 1 aliphatic heterocycles. The van der Waals surface area contributed by atoms with Gasteiger partial charge in [0.2, 0.25) is 0 Å². The van der Waals surface area contributed by atoms with Crippen molar-refractivity contribution >= 4 is 52.1 Å². The zero-order valence-corrected chi connectivity index (χ0v) is 15.1. The molecule has 1 fully saturated rings. The van der Waals surface area contributed by atoms with Gasteiger partial charge in [-0.1, -0.05) is 46.9 Å². The number of rotatable bonds is 4. The molecule has 0 aliphatic carbocycles. The van der Waals surface area contributed by atoms with Gasteiger partial charge in [-0.2, -0.15) is 0 Å². The van der Waals surface area contributed by atoms with Crippen molar-refractivity contribution in [1.82, 2.24) is 4.90 Å². The summed E-state index contributed by atoms with van der Waals surface area (Å²) in [5, 5.41) is 10.5. The first kappa shape index (κ1) is 17.1. The van der Waals surface area contributed by atoms with Crippen molar-refractivity contribution in [3.05, 3.63) is 55.2 Å². The van der Waals surface area contributed by atoms with Crippen molar-refractivity contribution in [3.63, 3.8) is 0 Å². The molecule has 0 radical (unpaired) electrons. The summed E-state index contributed by atoms with van der Waals surface area (Å²) in [6.45, 7) is 0.694. The number of carbonyl (C=O) groups is 1. The molecule has 2 unspecified atom stereocenters. The molecule has 0 bridgehead atoms. The predicted octanol–water partition coefficient (Wildman–Crippen LogP) is 5.35. The monoisotopic (exact) mass is 389 g/mol. The molecule has 1 aliphatic rings. The van der Waals surface area contributed by atoms with Crippen LogP contribution in [0.15, 0.2) is 30.3 Å². The van der Waals surface area contributed by atoms with Crippen molar-refractivity contribution in [3.8, 4) is 0 Å². The van der Waals surface area contributed by atoms with Gasteiger partial charge in [-0.05, 0) is 36.6 Å². The molecule has 0 saturated carbocycles. The Bertz CT molecular complexity index is 734. The largest absolute Gasteiger partial charge is 0.480 e. The molecule has 1 aromatic heterocycles. The van der Waals surface area contributed by atoms with Gasteiger partial charge in [-0.15, -0.1) is 11.3 Å². The van der Waals surface area contributed by atoms with Gasteiger partial charge < -0.3 is 5.11 Å². The summed E-state index contributed by atoms with van der Waals surface area (Å²) < 4.78 is 0.661. The number of halogens is 3. The highest BCUT2D eigenvalue weighted by atomic mass is 35.5. The van der Waals surface area contributed by atoms with E-state index in [1.807, 2.05) is 29.2 Å². The van der Waals surface area contributed by atoms with Crippen LogP contribution in [0.2, 0.25) is 14.4 Å². The van der Waals surface area contributed by atoms with E-state index in [0.717, 1.165) is 16.9 Å². The number of benzene rings is 1. The minimum Gasteiger partial charge on any atom is -0.480 e. The summed E-state index contributed by atoms with van der Waals surface area (Å²) in [4.78, 5) is 14.6. The third kappa shape index (κ3) is 3.37. The minimum atomic E-state index is -0.812. The Morgan fingerprint density at radius 2 is 2.04 bits per heavy atom. The maximum atomic E-state index is 11.6. The number of hydrogen-bond acceptors (Lipinski definition) is 3. The lowest BCUT2D eigenvalue weighted by molar-refractivity contribution is -0.142. The quantitative estimate of drug-likeness (QED) is 0.765. The maximum absolute atomic E-state index is 11.6. The molecular formula is C16H14Cl3NO2S. The molecule has 0 spiro atoms. The zero-order valence-electron chi connectivity index (χ0n) is 12.0. The SMILES string of the molecule is O=C(O)C1CCCN1C(c1ccc(Cl)s1)c1cccc(Cl)c1Cl. The third-order valence-corrected chi connectivity index (χ3v) is 6.17. The lowest BCUT2D eigenvalue weighted by Gasteiger charge is -2.31. The van der Waals surface area contributed by atoms with Gasteiger partial charge in [0.05, 0.1) is 20.4 Å². The molecule has 2 heterocycles. The Labute approximate surface area is 153 Å². The van der Waals surface area contributed by atoms with Crippen LogP contribution in [0.4, 0.5) is 0 Å². The first-order valence-corrected chi connectivity index (χ1v) is 9.11. The Morgan fingerprint density at radius 1 is 1.26 bits per heavy atom. The lowest BCUT2D eigenvalue weighted by Crippen LogP contribution is -2.39. The molecule has 2 atom stereocenters. The fourth-order valence-corrected chi connectivity index (χ4v) is 4.68. The summed E-state index contributed by atoms with van der Waals surface area (Å²) in [6, 6.07) is 8.40. The highest BCUT2D eigenvalue weighted by Gasteiger charge is 2.38. The number of likely N-dealkylation sites (tertiary alicyclic amines) is 1. The fourth-order valence-electron chi connectivity index (χ4n) is 3.07. The Hall–Kier alpha value is -0.780. The Balaban J connectivity index is 2.11. The predicted molar refractivity (Wildman–Crippen MR) is 95.0 cm³/mol. The van der Waals surface area contributed by atoms with Crippen LogP contribution >= 0.6 is 46.1 Å². The van der Waals surface area contributed by atoms with E-state index in [1.54, 1.807) is 6.07 Å². The van der Waals surface area contributed by atoms with E-state index in [2.05, 4.69) is 0 Å². The second-order valence-corrected chi connectivity index (χ2v) is 7.95. The molecule has 1 saturated heterocycles. The van der Waals surface area contributed by atoms with E-state index in [4.69, 9.17) is 34.8 Å². The summed E-state index contributed by atoms with van der Waals surface area (Å²) in [5.41, 5.74) is 0.811. The van der Waals surface area contributed by atoms with E-state index < -0.39 is 12.0 Å². The zero-order chi connectivity index (χ0) is 16.6. The summed E-state index contributed by atoms with van der Waals surface area (Å²) >= 11 is 20.1. The van der Waals surface area contributed by atoms with E-state index in [0.29, 0.717) is 27.3 Å². The van der Waals surface area contributed by atoms with Gasteiger partial charge in [0.1, 0.15) is 6.04 Å². The van der Waals surface area contributed by atoms with Gasteiger partial charge in [-0.25, -0.2) is 0 Å². The molecule has 1 N–H and O–H groups in total. The van der Waals surface area contributed by atoms with Gasteiger partial charge in [0.15, 0.2) is 0 Å². The van der Waals surface area contributed by atoms with Crippen LogP contribution in [-0.2, 0) is 4.79 Å². The van der Waals surface area contributed by atoms with Crippen LogP contribution in [0, 0.1) is 0 Å². The van der Waals surface area contributed by atoms with Crippen LogP contribution in [-0.4, -0.2) is 28.6 Å². The van der Waals surface area contributed by atoms with Crippen LogP contribution in [0.5, 0.6) is 0 Å². The normalized spacial score (nSPS) is 19.9. The first-order chi connectivity index (χ1) is 11.0. The standard InChI is InChI=1S/C16H14Cl3NO2S/c17-10-4-1-3-9(14(10)19)15(12-6-7-13(18)23-12)20-8-2-5-11(20)16(21)22/h1,3-4,6-7,11,15H,2,5,8H2,(H,21,22). The third-order valence-electron chi connectivity index (χ3n) is 4.05. The summed E-state index contributed by atoms with van der Waals surface area (Å²) in [5.74, 6) is -0.812. The molecule has 122 valence electrons. The molecule has 3 rings (SSSR count). The second-order valence-electron chi connectivity index (χ2n) is 5.42. The number of thiophene rings is 1. The minimum absolute atomic E-state index is 0.262. The highest BCUT2D eigenvalue weighted by molar-refractivity contribution is 7.16. The number of aliphatic carboxylic acids is 1. The number of carboxylic acids is 1. The Kier molecular flexibility index (Phi) is 5.19. The van der Waals surface area contributed by atoms with E-state index in [9.17, 15) is 9.90 Å². The number of carboxylic acid groups (broad SMARTS) is 1. The van der Waals surface area contributed by atoms with Crippen molar-refractivity contribution in [2.75, 3.05) is 6.54 Å². The lowest BCUT2D eigenvalue weighted by atomic mass is 10.0. The molecule has 2 aromatic rings. The van der Waals surface area contributed by atoms with Crippen molar-refractivity contribution in [2.45, 2.75) is 24.9 Å². The van der Waals surface area contributed by atoms with Crippen LogP contribution in [0.25, 0.3) is 0 Å². The number of nitrogens with zero attached hydrogens (tertiary/aromatic N) is 1. The summed E-state index contributed by atoms with van der Waals surface area (Å²) in [6.07, 6.45) is 1.47. The molecule has 23 heavy (non-hydrogen) atoms. The van der Waals surface area contributed by atoms with Gasteiger partial charge in [-0.3, -0.25) is 9.69 Å². The maximum Gasteiger partial charge on any atom is 0.320 e. The molecule has 1 aromatic carbocycles. The van der Waals surface area contributed by atoms with Crippen LogP contribution in [0.3, 0.4) is 0 Å². The highest BCUT2D eigenvalue weighted by Crippen LogP contribution is 2.42. The molecule has 0 amide bonds. The van der Waals surface area contributed by atoms with Crippen molar-refractivity contribution in [1.29, 1.82) is 0 Å². The first-order valence-electron chi connectivity index (χ1n) is 7.16. The van der Waals surface area contributed by atoms with Gasteiger partial charge in [0.25, 0.3) is 0 Å². The molecular weight excluding hydrogens is 377 g/mol. The summed E-state index contributed by atoms with van der Waals surface area (Å²) in [7, 11) is 0. The van der Waals surface area contributed by atoms with Gasteiger partial charge in [0, 0.05) is 11.4 Å². The second kappa shape index (κ2) is 6.99. The van der Waals surface area contributed by atoms with E-state index in [-0.39, 0.29) is 6.04 Å². The van der Waals surface area contributed by atoms with E-state index in [1.165, 1.54) is 11.3 Å². The van der Waals surface area contributed by atoms with Gasteiger partial charge >= 0.3 is 5.97 Å². The van der Waals surface area contributed by atoms with Crippen LogP contribution < -0.4 is 0 Å². The topological polar surface area (TPSA) is 40.5 Å². The van der Waals surface area contributed by atoms with E-state index >= 15 is 0 Å². The van der Waals surface area contributed by atoms with Crippen molar-refractivity contribution < 1.29 is 9.90 Å². The molecule has 3 nitrogen and oxygen atoms in total. The average molecular weight is 391 g/mol.